The van der Waals surface area contributed by atoms with Crippen molar-refractivity contribution in [3.63, 3.8) is 0 Å². The molecule has 116 valence electrons. The molecule has 1 amide bonds. The van der Waals surface area contributed by atoms with Gasteiger partial charge in [-0.2, -0.15) is 0 Å². The Balaban J connectivity index is 2.56. The summed E-state index contributed by atoms with van der Waals surface area (Å²) in [7, 11) is 0. The van der Waals surface area contributed by atoms with Crippen molar-refractivity contribution in [2.75, 3.05) is 0 Å². The Morgan fingerprint density at radius 1 is 1.38 bits per heavy atom. The van der Waals surface area contributed by atoms with Crippen LogP contribution in [0.2, 0.25) is 5.02 Å². The number of benzene rings is 1. The first-order chi connectivity index (χ1) is 9.69. The van der Waals surface area contributed by atoms with Crippen LogP contribution in [0.5, 0.6) is 0 Å². The molecule has 0 aromatic heterocycles. The van der Waals surface area contributed by atoms with Gasteiger partial charge in [-0.3, -0.25) is 9.59 Å². The fraction of sp³-hybridized carbons (Fsp3) is 0.500. The van der Waals surface area contributed by atoms with Crippen LogP contribution in [0.25, 0.3) is 0 Å². The van der Waals surface area contributed by atoms with Crippen LogP contribution in [0.4, 0.5) is 0 Å². The molecule has 1 rings (SSSR count). The molecule has 0 aliphatic carbocycles. The maximum absolute atomic E-state index is 12.2. The van der Waals surface area contributed by atoms with E-state index < -0.39 is 11.5 Å². The van der Waals surface area contributed by atoms with Crippen molar-refractivity contribution in [2.45, 2.75) is 45.6 Å². The van der Waals surface area contributed by atoms with Gasteiger partial charge in [-0.05, 0) is 44.4 Å². The van der Waals surface area contributed by atoms with Gasteiger partial charge in [0.05, 0.1) is 0 Å². The molecule has 21 heavy (non-hydrogen) atoms. The van der Waals surface area contributed by atoms with Crippen molar-refractivity contribution >= 4 is 23.5 Å². The predicted octanol–water partition coefficient (Wildman–Crippen LogP) is 3.28. The van der Waals surface area contributed by atoms with Gasteiger partial charge >= 0.3 is 5.97 Å². The van der Waals surface area contributed by atoms with Gasteiger partial charge in [0, 0.05) is 22.9 Å². The number of aliphatic carboxylic acids is 1. The highest BCUT2D eigenvalue weighted by Gasteiger charge is 2.24. The minimum absolute atomic E-state index is 0.0377. The van der Waals surface area contributed by atoms with Gasteiger partial charge in [0.25, 0.3) is 0 Å². The molecule has 0 bridgehead atoms. The SMILES string of the molecule is CC(Cc1cccc(Cl)c1)C(=O)NC(C)(C)CCC(=O)O. The van der Waals surface area contributed by atoms with E-state index in [-0.39, 0.29) is 18.2 Å². The van der Waals surface area contributed by atoms with Gasteiger partial charge < -0.3 is 10.4 Å². The van der Waals surface area contributed by atoms with Gasteiger partial charge in [0.2, 0.25) is 5.91 Å². The Bertz CT molecular complexity index is 514. The summed E-state index contributed by atoms with van der Waals surface area (Å²) in [6.07, 6.45) is 1.04. The third-order valence-electron chi connectivity index (χ3n) is 3.30. The average molecular weight is 312 g/mol. The molecular weight excluding hydrogens is 290 g/mol. The number of carbonyl (C=O) groups excluding carboxylic acids is 1. The topological polar surface area (TPSA) is 66.4 Å². The third-order valence-corrected chi connectivity index (χ3v) is 3.54. The zero-order chi connectivity index (χ0) is 16.0. The van der Waals surface area contributed by atoms with Gasteiger partial charge in [-0.25, -0.2) is 0 Å². The number of rotatable bonds is 7. The summed E-state index contributed by atoms with van der Waals surface area (Å²) >= 11 is 5.93. The number of carboxylic acid groups (broad SMARTS) is 1. The molecule has 4 nitrogen and oxygen atoms in total. The smallest absolute Gasteiger partial charge is 0.303 e. The molecule has 1 atom stereocenters. The van der Waals surface area contributed by atoms with Crippen LogP contribution < -0.4 is 5.32 Å². The predicted molar refractivity (Wildman–Crippen MR) is 83.4 cm³/mol. The number of hydrogen-bond donors (Lipinski definition) is 2. The van der Waals surface area contributed by atoms with Crippen LogP contribution >= 0.6 is 11.6 Å². The Labute approximate surface area is 130 Å². The normalized spacial score (nSPS) is 12.8. The second-order valence-corrected chi connectivity index (χ2v) is 6.44. The zero-order valence-electron chi connectivity index (χ0n) is 12.6. The fourth-order valence-corrected chi connectivity index (χ4v) is 2.26. The molecule has 2 N–H and O–H groups in total. The number of amides is 1. The van der Waals surface area contributed by atoms with Crippen molar-refractivity contribution in [1.29, 1.82) is 0 Å². The second-order valence-electron chi connectivity index (χ2n) is 6.00. The Hall–Kier alpha value is -1.55. The lowest BCUT2D eigenvalue weighted by Gasteiger charge is -2.27. The quantitative estimate of drug-likeness (QED) is 0.812. The Morgan fingerprint density at radius 3 is 2.62 bits per heavy atom. The maximum Gasteiger partial charge on any atom is 0.303 e. The van der Waals surface area contributed by atoms with E-state index >= 15 is 0 Å². The first kappa shape index (κ1) is 17.5. The van der Waals surface area contributed by atoms with Crippen molar-refractivity contribution in [1.82, 2.24) is 5.32 Å². The minimum Gasteiger partial charge on any atom is -0.481 e. The summed E-state index contributed by atoms with van der Waals surface area (Å²) in [6, 6.07) is 7.44. The highest BCUT2D eigenvalue weighted by Crippen LogP contribution is 2.17. The molecule has 0 heterocycles. The van der Waals surface area contributed by atoms with E-state index in [0.717, 1.165) is 5.56 Å². The van der Waals surface area contributed by atoms with Crippen LogP contribution in [0.3, 0.4) is 0 Å². The van der Waals surface area contributed by atoms with Crippen LogP contribution in [0.1, 0.15) is 39.2 Å². The lowest BCUT2D eigenvalue weighted by atomic mass is 9.95. The molecule has 0 radical (unpaired) electrons. The molecule has 0 aliphatic heterocycles. The molecule has 0 aliphatic rings. The maximum atomic E-state index is 12.2. The number of nitrogens with one attached hydrogen (secondary N) is 1. The highest BCUT2D eigenvalue weighted by molar-refractivity contribution is 6.30. The molecule has 1 unspecified atom stereocenters. The summed E-state index contributed by atoms with van der Waals surface area (Å²) < 4.78 is 0. The van der Waals surface area contributed by atoms with E-state index in [2.05, 4.69) is 5.32 Å². The lowest BCUT2D eigenvalue weighted by molar-refractivity contribution is -0.138. The van der Waals surface area contributed by atoms with E-state index in [4.69, 9.17) is 16.7 Å². The van der Waals surface area contributed by atoms with E-state index in [0.29, 0.717) is 17.9 Å². The molecular formula is C16H22ClNO3. The van der Waals surface area contributed by atoms with Crippen LogP contribution in [-0.4, -0.2) is 22.5 Å². The van der Waals surface area contributed by atoms with E-state index in [1.807, 2.05) is 39.0 Å². The van der Waals surface area contributed by atoms with Crippen molar-refractivity contribution in [2.24, 2.45) is 5.92 Å². The molecule has 0 saturated carbocycles. The number of carboxylic acids is 1. The standard InChI is InChI=1S/C16H22ClNO3/c1-11(9-12-5-4-6-13(17)10-12)15(21)18-16(2,3)8-7-14(19)20/h4-6,10-11H,7-9H2,1-3H3,(H,18,21)(H,19,20). The summed E-state index contributed by atoms with van der Waals surface area (Å²) in [5.41, 5.74) is 0.478. The van der Waals surface area contributed by atoms with E-state index in [1.165, 1.54) is 0 Å². The molecule has 1 aromatic rings. The van der Waals surface area contributed by atoms with Gasteiger partial charge in [0.15, 0.2) is 0 Å². The minimum atomic E-state index is -0.857. The van der Waals surface area contributed by atoms with Crippen LogP contribution in [0.15, 0.2) is 24.3 Å². The van der Waals surface area contributed by atoms with Crippen LogP contribution in [-0.2, 0) is 16.0 Å². The molecule has 0 saturated heterocycles. The lowest BCUT2D eigenvalue weighted by Crippen LogP contribution is -2.46. The van der Waals surface area contributed by atoms with E-state index in [1.54, 1.807) is 6.07 Å². The summed E-state index contributed by atoms with van der Waals surface area (Å²) in [6.45, 7) is 5.52. The van der Waals surface area contributed by atoms with Crippen molar-refractivity contribution in [3.8, 4) is 0 Å². The van der Waals surface area contributed by atoms with Gasteiger partial charge in [0.1, 0.15) is 0 Å². The monoisotopic (exact) mass is 311 g/mol. The summed E-state index contributed by atoms with van der Waals surface area (Å²) in [5.74, 6) is -1.14. The summed E-state index contributed by atoms with van der Waals surface area (Å²) in [4.78, 5) is 22.8. The average Bonchev–Trinajstić information content (AvgIpc) is 2.36. The summed E-state index contributed by atoms with van der Waals surface area (Å²) in [5, 5.41) is 12.3. The molecule has 5 heteroatoms. The highest BCUT2D eigenvalue weighted by atomic mass is 35.5. The van der Waals surface area contributed by atoms with Crippen molar-refractivity contribution in [3.05, 3.63) is 34.9 Å². The molecule has 1 aromatic carbocycles. The number of hydrogen-bond acceptors (Lipinski definition) is 2. The Morgan fingerprint density at radius 2 is 2.05 bits per heavy atom. The van der Waals surface area contributed by atoms with Crippen LogP contribution in [0, 0.1) is 5.92 Å². The van der Waals surface area contributed by atoms with E-state index in [9.17, 15) is 9.59 Å². The largest absolute Gasteiger partial charge is 0.481 e. The number of carbonyl (C=O) groups is 2. The zero-order valence-corrected chi connectivity index (χ0v) is 13.4. The first-order valence-corrected chi connectivity index (χ1v) is 7.36. The number of halogens is 1. The molecule has 0 fully saturated rings. The second kappa shape index (κ2) is 7.46. The van der Waals surface area contributed by atoms with Crippen molar-refractivity contribution < 1.29 is 14.7 Å². The Kier molecular flexibility index (Phi) is 6.21. The first-order valence-electron chi connectivity index (χ1n) is 6.98. The fourth-order valence-electron chi connectivity index (χ4n) is 2.05. The van der Waals surface area contributed by atoms with Gasteiger partial charge in [-0.1, -0.05) is 30.7 Å². The third kappa shape index (κ3) is 6.63. The van der Waals surface area contributed by atoms with Gasteiger partial charge in [-0.15, -0.1) is 0 Å². The molecule has 0 spiro atoms.